The van der Waals surface area contributed by atoms with Crippen LogP contribution in [-0.4, -0.2) is 70.3 Å². The van der Waals surface area contributed by atoms with Crippen LogP contribution in [0.15, 0.2) is 12.4 Å². The number of amides is 2. The van der Waals surface area contributed by atoms with E-state index in [-0.39, 0.29) is 5.91 Å². The Kier molecular flexibility index (Phi) is 5.90. The largest absolute Gasteiger partial charge is 0.343 e. The smallest absolute Gasteiger partial charge is 0.274 e. The van der Waals surface area contributed by atoms with Gasteiger partial charge in [-0.15, -0.1) is 0 Å². The number of rotatable bonds is 5. The van der Waals surface area contributed by atoms with Crippen LogP contribution in [0.25, 0.3) is 0 Å². The third-order valence-electron chi connectivity index (χ3n) is 6.46. The molecule has 3 saturated heterocycles. The molecule has 7 heteroatoms. The van der Waals surface area contributed by atoms with E-state index in [1.807, 2.05) is 16.7 Å². The lowest BCUT2D eigenvalue weighted by Crippen LogP contribution is -2.57. The Labute approximate surface area is 166 Å². The summed E-state index contributed by atoms with van der Waals surface area (Å²) in [5.74, 6) is 1.26. The number of carbonyl (C=O) groups excluding carboxylic acids is 2. The molecule has 3 atom stereocenters. The first-order valence-electron chi connectivity index (χ1n) is 10.7. The second-order valence-corrected chi connectivity index (χ2v) is 8.61. The molecular weight excluding hydrogens is 354 g/mol. The lowest BCUT2D eigenvalue weighted by Gasteiger charge is -2.46. The van der Waals surface area contributed by atoms with Gasteiger partial charge in [-0.05, 0) is 57.4 Å². The van der Waals surface area contributed by atoms with Crippen LogP contribution in [0.1, 0.15) is 54.7 Å². The highest BCUT2D eigenvalue weighted by Gasteiger charge is 2.38. The van der Waals surface area contributed by atoms with Gasteiger partial charge in [0.15, 0.2) is 0 Å². The summed E-state index contributed by atoms with van der Waals surface area (Å²) in [5.41, 5.74) is 1.26. The summed E-state index contributed by atoms with van der Waals surface area (Å²) in [7, 11) is 0. The average molecular weight is 386 g/mol. The molecule has 2 amide bonds. The Morgan fingerprint density at radius 3 is 2.71 bits per heavy atom. The fourth-order valence-corrected chi connectivity index (χ4v) is 4.94. The van der Waals surface area contributed by atoms with Gasteiger partial charge >= 0.3 is 0 Å². The normalized spacial score (nSPS) is 27.1. The quantitative estimate of drug-likeness (QED) is 0.833. The van der Waals surface area contributed by atoms with Crippen molar-refractivity contribution in [2.45, 2.75) is 51.5 Å². The summed E-state index contributed by atoms with van der Waals surface area (Å²) in [4.78, 5) is 37.6. The van der Waals surface area contributed by atoms with E-state index in [1.54, 1.807) is 12.4 Å². The second-order valence-electron chi connectivity index (χ2n) is 8.61. The third-order valence-corrected chi connectivity index (χ3v) is 6.46. The van der Waals surface area contributed by atoms with Crippen molar-refractivity contribution in [2.24, 2.45) is 11.8 Å². The molecule has 1 N–H and O–H groups in total. The molecule has 0 aliphatic carbocycles. The standard InChI is InChI=1S/C21H31N5O2/c1-15-10-23-19(12-22-15)21(28)26-13-16-9-17(14-26)18(24-11-16)5-4-6-20(27)25-7-2-3-8-25/h10,12,16-18,24H,2-9,11,13-14H2,1H3. The van der Waals surface area contributed by atoms with E-state index in [0.29, 0.717) is 35.9 Å². The number of piperidine rings is 2. The summed E-state index contributed by atoms with van der Waals surface area (Å²) >= 11 is 0. The number of nitrogens with one attached hydrogen (secondary N) is 1. The summed E-state index contributed by atoms with van der Waals surface area (Å²) < 4.78 is 0. The van der Waals surface area contributed by atoms with Gasteiger partial charge in [0.05, 0.1) is 11.9 Å². The average Bonchev–Trinajstić information content (AvgIpc) is 3.24. The molecular formula is C21H31N5O2. The van der Waals surface area contributed by atoms with Gasteiger partial charge in [0, 0.05) is 44.8 Å². The van der Waals surface area contributed by atoms with Gasteiger partial charge in [0.2, 0.25) is 5.91 Å². The van der Waals surface area contributed by atoms with Crippen LogP contribution in [0, 0.1) is 18.8 Å². The highest BCUT2D eigenvalue weighted by Crippen LogP contribution is 2.31. The fraction of sp³-hybridized carbons (Fsp3) is 0.714. The zero-order valence-electron chi connectivity index (χ0n) is 16.8. The molecule has 2 bridgehead atoms. The predicted molar refractivity (Wildman–Crippen MR) is 106 cm³/mol. The molecule has 0 radical (unpaired) electrons. The zero-order valence-corrected chi connectivity index (χ0v) is 16.8. The minimum atomic E-state index is -0.00735. The monoisotopic (exact) mass is 385 g/mol. The SMILES string of the molecule is Cc1cnc(C(=O)N2CC3CNC(CCCC(=O)N4CCCC4)C(C3)C2)cn1. The molecule has 1 aromatic rings. The third kappa shape index (κ3) is 4.35. The molecule has 3 aliphatic rings. The Bertz CT molecular complexity index is 701. The maximum atomic E-state index is 12.9. The number of likely N-dealkylation sites (tertiary alicyclic amines) is 2. The Balaban J connectivity index is 1.30. The van der Waals surface area contributed by atoms with Gasteiger partial charge < -0.3 is 15.1 Å². The molecule has 0 saturated carbocycles. The molecule has 3 unspecified atom stereocenters. The minimum Gasteiger partial charge on any atom is -0.343 e. The van der Waals surface area contributed by atoms with E-state index >= 15 is 0 Å². The fourth-order valence-electron chi connectivity index (χ4n) is 4.94. The first-order chi connectivity index (χ1) is 13.6. The van der Waals surface area contributed by atoms with Gasteiger partial charge in [-0.3, -0.25) is 14.6 Å². The van der Waals surface area contributed by atoms with E-state index in [9.17, 15) is 9.59 Å². The topological polar surface area (TPSA) is 78.4 Å². The van der Waals surface area contributed by atoms with Crippen molar-refractivity contribution in [2.75, 3.05) is 32.7 Å². The summed E-state index contributed by atoms with van der Waals surface area (Å²) in [6.45, 7) is 6.25. The first kappa shape index (κ1) is 19.3. The van der Waals surface area contributed by atoms with Crippen LogP contribution >= 0.6 is 0 Å². The van der Waals surface area contributed by atoms with Crippen molar-refractivity contribution in [1.29, 1.82) is 0 Å². The Hall–Kier alpha value is -2.02. The van der Waals surface area contributed by atoms with Crippen LogP contribution in [0.3, 0.4) is 0 Å². The van der Waals surface area contributed by atoms with Gasteiger partial charge in [0.1, 0.15) is 5.69 Å². The van der Waals surface area contributed by atoms with Crippen LogP contribution in [0.2, 0.25) is 0 Å². The van der Waals surface area contributed by atoms with Crippen molar-refractivity contribution < 1.29 is 9.59 Å². The van der Waals surface area contributed by atoms with Gasteiger partial charge in [-0.25, -0.2) is 4.98 Å². The number of carbonyl (C=O) groups is 2. The maximum absolute atomic E-state index is 12.9. The number of aromatic nitrogens is 2. The molecule has 0 aromatic carbocycles. The van der Waals surface area contributed by atoms with Crippen molar-refractivity contribution >= 4 is 11.8 Å². The number of hydrogen-bond donors (Lipinski definition) is 1. The van der Waals surface area contributed by atoms with E-state index in [2.05, 4.69) is 15.3 Å². The predicted octanol–water partition coefficient (Wildman–Crippen LogP) is 1.63. The molecule has 3 aliphatic heterocycles. The lowest BCUT2D eigenvalue weighted by atomic mass is 9.79. The van der Waals surface area contributed by atoms with Crippen molar-refractivity contribution in [1.82, 2.24) is 25.1 Å². The molecule has 3 fully saturated rings. The van der Waals surface area contributed by atoms with Crippen LogP contribution < -0.4 is 5.32 Å². The number of fused-ring (bicyclic) bond motifs is 2. The molecule has 152 valence electrons. The zero-order chi connectivity index (χ0) is 19.5. The van der Waals surface area contributed by atoms with Crippen molar-refractivity contribution in [3.8, 4) is 0 Å². The van der Waals surface area contributed by atoms with Gasteiger partial charge in [-0.1, -0.05) is 0 Å². The molecule has 4 heterocycles. The highest BCUT2D eigenvalue weighted by molar-refractivity contribution is 5.92. The van der Waals surface area contributed by atoms with Crippen LogP contribution in [0.5, 0.6) is 0 Å². The number of aryl methyl sites for hydroxylation is 1. The van der Waals surface area contributed by atoms with Gasteiger partial charge in [-0.2, -0.15) is 0 Å². The molecule has 7 nitrogen and oxygen atoms in total. The Morgan fingerprint density at radius 2 is 1.96 bits per heavy atom. The van der Waals surface area contributed by atoms with E-state index in [4.69, 9.17) is 0 Å². The lowest BCUT2D eigenvalue weighted by molar-refractivity contribution is -0.130. The minimum absolute atomic E-state index is 0.00735. The molecule has 28 heavy (non-hydrogen) atoms. The van der Waals surface area contributed by atoms with E-state index < -0.39 is 0 Å². The van der Waals surface area contributed by atoms with Crippen molar-refractivity contribution in [3.05, 3.63) is 23.8 Å². The van der Waals surface area contributed by atoms with Crippen LogP contribution in [-0.2, 0) is 4.79 Å². The number of hydrogen-bond acceptors (Lipinski definition) is 5. The van der Waals surface area contributed by atoms with Crippen molar-refractivity contribution in [3.63, 3.8) is 0 Å². The number of nitrogens with zero attached hydrogens (tertiary/aromatic N) is 4. The first-order valence-corrected chi connectivity index (χ1v) is 10.7. The van der Waals surface area contributed by atoms with Gasteiger partial charge in [0.25, 0.3) is 5.91 Å². The highest BCUT2D eigenvalue weighted by atomic mass is 16.2. The molecule has 0 spiro atoms. The maximum Gasteiger partial charge on any atom is 0.274 e. The summed E-state index contributed by atoms with van der Waals surface area (Å²) in [6.07, 6.45) is 9.27. The molecule has 1 aromatic heterocycles. The van der Waals surface area contributed by atoms with Crippen LogP contribution in [0.4, 0.5) is 0 Å². The second kappa shape index (κ2) is 8.55. The summed E-state index contributed by atoms with van der Waals surface area (Å²) in [6, 6.07) is 0.391. The van der Waals surface area contributed by atoms with E-state index in [1.165, 1.54) is 6.42 Å². The molecule has 4 rings (SSSR count). The van der Waals surface area contributed by atoms with E-state index in [0.717, 1.165) is 64.1 Å². The Morgan fingerprint density at radius 1 is 1.14 bits per heavy atom. The summed E-state index contributed by atoms with van der Waals surface area (Å²) in [5, 5.41) is 3.68.